The molecule has 3 rings (SSSR count). The molecule has 6 heteroatoms. The molecule has 2 aromatic carbocycles. The van der Waals surface area contributed by atoms with Crippen molar-refractivity contribution < 1.29 is 9.53 Å². The third-order valence-corrected chi connectivity index (χ3v) is 5.01. The minimum atomic E-state index is -0.0518. The van der Waals surface area contributed by atoms with Gasteiger partial charge >= 0.3 is 0 Å². The number of hydrogen-bond donors (Lipinski definition) is 1. The lowest BCUT2D eigenvalue weighted by Gasteiger charge is -2.20. The monoisotopic (exact) mass is 369 g/mol. The highest BCUT2D eigenvalue weighted by atomic mass is 32.1. The van der Waals surface area contributed by atoms with Gasteiger partial charge in [-0.25, -0.2) is 4.98 Å². The Bertz CT molecular complexity index is 845. The lowest BCUT2D eigenvalue weighted by Crippen LogP contribution is -2.33. The van der Waals surface area contributed by atoms with E-state index in [0.29, 0.717) is 24.5 Å². The van der Waals surface area contributed by atoms with Crippen LogP contribution in [-0.2, 0) is 11.3 Å². The molecule has 136 valence electrons. The predicted octanol–water partition coefficient (Wildman–Crippen LogP) is 4.16. The van der Waals surface area contributed by atoms with Crippen LogP contribution in [0, 0.1) is 0 Å². The summed E-state index contributed by atoms with van der Waals surface area (Å²) in [6, 6.07) is 15.6. The number of benzene rings is 2. The highest BCUT2D eigenvalue weighted by Gasteiger charge is 2.14. The fraction of sp³-hybridized carbons (Fsp3) is 0.300. The van der Waals surface area contributed by atoms with Crippen molar-refractivity contribution in [3.05, 3.63) is 53.5 Å². The number of nitrogens with zero attached hydrogens (tertiary/aromatic N) is 2. The van der Waals surface area contributed by atoms with Crippen LogP contribution in [0.5, 0.6) is 5.75 Å². The van der Waals surface area contributed by atoms with E-state index >= 15 is 0 Å². The van der Waals surface area contributed by atoms with Gasteiger partial charge in [0.2, 0.25) is 5.91 Å². The van der Waals surface area contributed by atoms with E-state index in [1.165, 1.54) is 4.70 Å². The largest absolute Gasteiger partial charge is 0.495 e. The van der Waals surface area contributed by atoms with Crippen LogP contribution in [0.2, 0.25) is 0 Å². The minimum Gasteiger partial charge on any atom is -0.495 e. The van der Waals surface area contributed by atoms with Crippen molar-refractivity contribution in [2.24, 2.45) is 0 Å². The molecular formula is C20H23N3O2S. The van der Waals surface area contributed by atoms with E-state index in [0.717, 1.165) is 23.5 Å². The molecular weight excluding hydrogens is 346 g/mol. The third-order valence-electron chi connectivity index (χ3n) is 3.99. The first-order valence-electron chi connectivity index (χ1n) is 8.69. The van der Waals surface area contributed by atoms with Crippen LogP contribution in [0.4, 0.5) is 5.69 Å². The summed E-state index contributed by atoms with van der Waals surface area (Å²) in [6.45, 7) is 3.95. The van der Waals surface area contributed by atoms with Crippen LogP contribution in [0.1, 0.15) is 18.4 Å². The summed E-state index contributed by atoms with van der Waals surface area (Å²) in [6.07, 6.45) is 0.979. The normalized spacial score (nSPS) is 11.0. The van der Waals surface area contributed by atoms with Crippen molar-refractivity contribution in [3.8, 4) is 5.75 Å². The van der Waals surface area contributed by atoms with Gasteiger partial charge in [0.15, 0.2) is 0 Å². The molecule has 0 aliphatic carbocycles. The van der Waals surface area contributed by atoms with Crippen molar-refractivity contribution in [1.29, 1.82) is 0 Å². The number of para-hydroxylation sites is 3. The molecule has 26 heavy (non-hydrogen) atoms. The summed E-state index contributed by atoms with van der Waals surface area (Å²) >= 11 is 1.68. The quantitative estimate of drug-likeness (QED) is 0.648. The fourth-order valence-corrected chi connectivity index (χ4v) is 3.86. The Labute approximate surface area is 157 Å². The molecule has 0 saturated carbocycles. The molecule has 0 unspecified atom stereocenters. The summed E-state index contributed by atoms with van der Waals surface area (Å²) < 4.78 is 6.47. The number of carbonyl (C=O) groups excluding carboxylic acids is 1. The second-order valence-electron chi connectivity index (χ2n) is 6.03. The van der Waals surface area contributed by atoms with E-state index < -0.39 is 0 Å². The van der Waals surface area contributed by atoms with Gasteiger partial charge < -0.3 is 10.1 Å². The number of nitrogens with one attached hydrogen (secondary N) is 1. The van der Waals surface area contributed by atoms with Crippen molar-refractivity contribution >= 4 is 33.1 Å². The second-order valence-corrected chi connectivity index (χ2v) is 7.15. The molecule has 0 fully saturated rings. The van der Waals surface area contributed by atoms with E-state index in [4.69, 9.17) is 4.74 Å². The summed E-state index contributed by atoms with van der Waals surface area (Å²) in [5, 5.41) is 3.97. The van der Waals surface area contributed by atoms with Gasteiger partial charge in [0.05, 0.1) is 36.1 Å². The number of thiazole rings is 1. The Morgan fingerprint density at radius 3 is 2.73 bits per heavy atom. The minimum absolute atomic E-state index is 0.0518. The van der Waals surface area contributed by atoms with Crippen molar-refractivity contribution in [3.63, 3.8) is 0 Å². The number of anilines is 1. The van der Waals surface area contributed by atoms with Crippen LogP contribution in [0.3, 0.4) is 0 Å². The smallest absolute Gasteiger partial charge is 0.238 e. The van der Waals surface area contributed by atoms with Crippen molar-refractivity contribution in [2.45, 2.75) is 19.9 Å². The average Bonchev–Trinajstić information content (AvgIpc) is 3.04. The van der Waals surface area contributed by atoms with Crippen LogP contribution >= 0.6 is 11.3 Å². The van der Waals surface area contributed by atoms with Crippen LogP contribution in [-0.4, -0.2) is 36.0 Å². The molecule has 0 radical (unpaired) electrons. The number of rotatable bonds is 8. The summed E-state index contributed by atoms with van der Waals surface area (Å²) in [5.41, 5.74) is 1.71. The molecule has 0 aliphatic rings. The van der Waals surface area contributed by atoms with Crippen LogP contribution in [0.25, 0.3) is 10.2 Å². The van der Waals surface area contributed by atoms with Gasteiger partial charge in [-0.2, -0.15) is 0 Å². The topological polar surface area (TPSA) is 54.5 Å². The Kier molecular flexibility index (Phi) is 6.20. The number of hydrogen-bond acceptors (Lipinski definition) is 5. The third kappa shape index (κ3) is 4.59. The van der Waals surface area contributed by atoms with Gasteiger partial charge in [-0.05, 0) is 37.2 Å². The van der Waals surface area contributed by atoms with Crippen LogP contribution in [0.15, 0.2) is 48.5 Å². The Morgan fingerprint density at radius 1 is 1.19 bits per heavy atom. The molecule has 0 spiro atoms. The zero-order valence-corrected chi connectivity index (χ0v) is 15.9. The van der Waals surface area contributed by atoms with Gasteiger partial charge in [-0.3, -0.25) is 9.69 Å². The van der Waals surface area contributed by atoms with Gasteiger partial charge in [-0.15, -0.1) is 11.3 Å². The first-order chi connectivity index (χ1) is 12.7. The van der Waals surface area contributed by atoms with Crippen molar-refractivity contribution in [2.75, 3.05) is 25.5 Å². The molecule has 0 atom stereocenters. The summed E-state index contributed by atoms with van der Waals surface area (Å²) in [7, 11) is 1.60. The van der Waals surface area contributed by atoms with Crippen molar-refractivity contribution in [1.82, 2.24) is 9.88 Å². The number of methoxy groups -OCH3 is 1. The van der Waals surface area contributed by atoms with Gasteiger partial charge in [-0.1, -0.05) is 31.2 Å². The Balaban J connectivity index is 1.66. The Hall–Kier alpha value is -2.44. The highest BCUT2D eigenvalue weighted by molar-refractivity contribution is 7.18. The molecule has 3 aromatic rings. The van der Waals surface area contributed by atoms with E-state index in [1.54, 1.807) is 18.4 Å². The highest BCUT2D eigenvalue weighted by Crippen LogP contribution is 2.24. The van der Waals surface area contributed by atoms with E-state index in [2.05, 4.69) is 28.2 Å². The second kappa shape index (κ2) is 8.78. The zero-order chi connectivity index (χ0) is 18.4. The molecule has 0 aliphatic heterocycles. The SMILES string of the molecule is CCCN(CC(=O)Nc1ccccc1OC)Cc1nc2ccccc2s1. The molecule has 5 nitrogen and oxygen atoms in total. The lowest BCUT2D eigenvalue weighted by molar-refractivity contribution is -0.117. The number of fused-ring (bicyclic) bond motifs is 1. The number of aromatic nitrogens is 1. The summed E-state index contributed by atoms with van der Waals surface area (Å²) in [5.74, 6) is 0.609. The maximum atomic E-state index is 12.5. The van der Waals surface area contributed by atoms with E-state index in [-0.39, 0.29) is 5.91 Å². The molecule has 1 amide bonds. The maximum absolute atomic E-state index is 12.5. The molecule has 1 N–H and O–H groups in total. The van der Waals surface area contributed by atoms with E-state index in [1.807, 2.05) is 42.5 Å². The maximum Gasteiger partial charge on any atom is 0.238 e. The first kappa shape index (κ1) is 18.4. The number of carbonyl (C=O) groups is 1. The predicted molar refractivity (Wildman–Crippen MR) is 107 cm³/mol. The average molecular weight is 369 g/mol. The fourth-order valence-electron chi connectivity index (χ4n) is 2.85. The molecule has 1 aromatic heterocycles. The van der Waals surface area contributed by atoms with Gasteiger partial charge in [0.1, 0.15) is 10.8 Å². The lowest BCUT2D eigenvalue weighted by atomic mass is 10.3. The molecule has 0 saturated heterocycles. The number of ether oxygens (including phenoxy) is 1. The molecule has 1 heterocycles. The zero-order valence-electron chi connectivity index (χ0n) is 15.1. The first-order valence-corrected chi connectivity index (χ1v) is 9.51. The molecule has 0 bridgehead atoms. The van der Waals surface area contributed by atoms with E-state index in [9.17, 15) is 4.79 Å². The summed E-state index contributed by atoms with van der Waals surface area (Å²) in [4.78, 5) is 19.3. The Morgan fingerprint density at radius 2 is 1.96 bits per heavy atom. The van der Waals surface area contributed by atoms with Crippen LogP contribution < -0.4 is 10.1 Å². The van der Waals surface area contributed by atoms with Gasteiger partial charge in [0, 0.05) is 0 Å². The standard InChI is InChI=1S/C20H23N3O2S/c1-3-12-23(14-20-22-16-9-5-7-11-18(16)26-20)13-19(24)21-15-8-4-6-10-17(15)25-2/h4-11H,3,12-14H2,1-2H3,(H,21,24). The number of amides is 1. The van der Waals surface area contributed by atoms with Gasteiger partial charge in [0.25, 0.3) is 0 Å².